The molecule has 0 fully saturated rings. The summed E-state index contributed by atoms with van der Waals surface area (Å²) in [5.74, 6) is 0. The first-order valence-electron chi connectivity index (χ1n) is 4.84. The van der Waals surface area contributed by atoms with Crippen molar-refractivity contribution in [3.05, 3.63) is 35.4 Å². The number of allylic oxidation sites excluding steroid dienone is 1. The number of benzene rings is 1. The van der Waals surface area contributed by atoms with E-state index in [1.165, 1.54) is 16.3 Å². The molecule has 0 bridgehead atoms. The molecule has 0 spiro atoms. The topological polar surface area (TPSA) is 0 Å². The van der Waals surface area contributed by atoms with E-state index in [1.54, 1.807) is 0 Å². The van der Waals surface area contributed by atoms with Gasteiger partial charge in [-0.3, -0.25) is 0 Å². The van der Waals surface area contributed by atoms with Gasteiger partial charge in [-0.05, 0) is 24.6 Å². The van der Waals surface area contributed by atoms with E-state index in [4.69, 9.17) is 11.1 Å². The van der Waals surface area contributed by atoms with Crippen LogP contribution in [0, 0.1) is 0 Å². The Labute approximate surface area is 92.3 Å². The van der Waals surface area contributed by atoms with Crippen molar-refractivity contribution in [1.29, 1.82) is 0 Å². The lowest BCUT2D eigenvalue weighted by Gasteiger charge is -2.16. The predicted octanol–water partition coefficient (Wildman–Crippen LogP) is 3.76. The Morgan fingerprint density at radius 2 is 1.79 bits per heavy atom. The molecule has 0 aliphatic rings. The number of hydrogen-bond acceptors (Lipinski definition) is 0. The molecule has 0 aromatic heterocycles. The highest BCUT2D eigenvalue weighted by atomic mass is 35.6. The zero-order chi connectivity index (χ0) is 10.8. The van der Waals surface area contributed by atoms with Gasteiger partial charge in [-0.1, -0.05) is 49.0 Å². The first kappa shape index (κ1) is 11.5. The predicted molar refractivity (Wildman–Crippen MR) is 68.7 cm³/mol. The Kier molecular flexibility index (Phi) is 3.57. The van der Waals surface area contributed by atoms with Crippen molar-refractivity contribution in [3.8, 4) is 0 Å². The zero-order valence-corrected chi connectivity index (χ0v) is 11.0. The highest BCUT2D eigenvalue weighted by molar-refractivity contribution is 7.26. The molecule has 0 aliphatic carbocycles. The fourth-order valence-corrected chi connectivity index (χ4v) is 3.33. The standard InChI is InChI=1S/C12H17ClSi/c1-10(2)9-11-7-5-6-8-12(11)14(3,4)13/h5-9H,1-4H3. The quantitative estimate of drug-likeness (QED) is 0.530. The summed E-state index contributed by atoms with van der Waals surface area (Å²) < 4.78 is 0. The molecular formula is C12H17ClSi. The Bertz CT molecular complexity index is 344. The van der Waals surface area contributed by atoms with Crippen LogP contribution in [-0.2, 0) is 0 Å². The molecule has 0 N–H and O–H groups in total. The minimum atomic E-state index is -1.72. The van der Waals surface area contributed by atoms with Crippen molar-refractivity contribution in [2.45, 2.75) is 26.9 Å². The Balaban J connectivity index is 3.24. The van der Waals surface area contributed by atoms with E-state index >= 15 is 0 Å². The van der Waals surface area contributed by atoms with Crippen LogP contribution in [-0.4, -0.2) is 7.38 Å². The molecule has 0 saturated heterocycles. The summed E-state index contributed by atoms with van der Waals surface area (Å²) in [7, 11) is -1.72. The summed E-state index contributed by atoms with van der Waals surface area (Å²) in [5, 5.41) is 1.32. The van der Waals surface area contributed by atoms with Crippen LogP contribution in [0.1, 0.15) is 19.4 Å². The van der Waals surface area contributed by atoms with E-state index in [1.807, 2.05) is 0 Å². The Morgan fingerprint density at radius 1 is 1.21 bits per heavy atom. The van der Waals surface area contributed by atoms with E-state index in [0.29, 0.717) is 0 Å². The number of halogens is 1. The molecule has 1 aromatic rings. The second-order valence-electron chi connectivity index (χ2n) is 4.28. The molecule has 1 aromatic carbocycles. The highest BCUT2D eigenvalue weighted by Gasteiger charge is 2.22. The van der Waals surface area contributed by atoms with Crippen molar-refractivity contribution in [3.63, 3.8) is 0 Å². The molecule has 0 atom stereocenters. The molecule has 0 nitrogen and oxygen atoms in total. The van der Waals surface area contributed by atoms with Crippen molar-refractivity contribution < 1.29 is 0 Å². The normalized spacial score (nSPS) is 11.2. The summed E-state index contributed by atoms with van der Waals surface area (Å²) in [4.78, 5) is 0. The van der Waals surface area contributed by atoms with Gasteiger partial charge in [0.2, 0.25) is 0 Å². The van der Waals surface area contributed by atoms with Crippen LogP contribution in [0.2, 0.25) is 13.1 Å². The lowest BCUT2D eigenvalue weighted by molar-refractivity contribution is 1.42. The molecule has 14 heavy (non-hydrogen) atoms. The first-order chi connectivity index (χ1) is 6.41. The Morgan fingerprint density at radius 3 is 2.29 bits per heavy atom. The van der Waals surface area contributed by atoms with Crippen LogP contribution in [0.5, 0.6) is 0 Å². The van der Waals surface area contributed by atoms with Gasteiger partial charge in [-0.25, -0.2) is 0 Å². The summed E-state index contributed by atoms with van der Waals surface area (Å²) >= 11 is 6.46. The van der Waals surface area contributed by atoms with Crippen LogP contribution in [0.4, 0.5) is 0 Å². The molecule has 0 saturated carbocycles. The summed E-state index contributed by atoms with van der Waals surface area (Å²) in [6, 6.07) is 8.41. The zero-order valence-electron chi connectivity index (χ0n) is 9.26. The SMILES string of the molecule is CC(C)=Cc1ccccc1[Si](C)(C)Cl. The third-order valence-electron chi connectivity index (χ3n) is 2.05. The third-order valence-corrected chi connectivity index (χ3v) is 4.39. The summed E-state index contributed by atoms with van der Waals surface area (Å²) in [5.41, 5.74) is 2.59. The maximum atomic E-state index is 6.46. The van der Waals surface area contributed by atoms with Gasteiger partial charge in [-0.15, -0.1) is 0 Å². The van der Waals surface area contributed by atoms with Crippen molar-refractivity contribution in [2.75, 3.05) is 0 Å². The lowest BCUT2D eigenvalue weighted by atomic mass is 10.1. The van der Waals surface area contributed by atoms with Gasteiger partial charge >= 0.3 is 0 Å². The van der Waals surface area contributed by atoms with E-state index < -0.39 is 7.38 Å². The van der Waals surface area contributed by atoms with Crippen LogP contribution >= 0.6 is 11.1 Å². The number of hydrogen-bond donors (Lipinski definition) is 0. The summed E-state index contributed by atoms with van der Waals surface area (Å²) in [6.07, 6.45) is 2.20. The van der Waals surface area contributed by atoms with Crippen LogP contribution < -0.4 is 5.19 Å². The van der Waals surface area contributed by atoms with E-state index in [2.05, 4.69) is 57.3 Å². The third kappa shape index (κ3) is 3.00. The van der Waals surface area contributed by atoms with Crippen molar-refractivity contribution >= 4 is 29.7 Å². The van der Waals surface area contributed by atoms with Gasteiger partial charge in [0.15, 0.2) is 7.38 Å². The Hall–Kier alpha value is -0.533. The minimum Gasteiger partial charge on any atom is -0.161 e. The van der Waals surface area contributed by atoms with E-state index in [-0.39, 0.29) is 0 Å². The lowest BCUT2D eigenvalue weighted by Crippen LogP contribution is -2.36. The largest absolute Gasteiger partial charge is 0.181 e. The van der Waals surface area contributed by atoms with Crippen LogP contribution in [0.25, 0.3) is 6.08 Å². The van der Waals surface area contributed by atoms with Crippen molar-refractivity contribution in [1.82, 2.24) is 0 Å². The molecule has 0 heterocycles. The molecule has 0 aliphatic heterocycles. The van der Waals surface area contributed by atoms with Crippen LogP contribution in [0.3, 0.4) is 0 Å². The van der Waals surface area contributed by atoms with Crippen LogP contribution in [0.15, 0.2) is 29.8 Å². The number of rotatable bonds is 2. The second-order valence-corrected chi connectivity index (χ2v) is 10.6. The van der Waals surface area contributed by atoms with Gasteiger partial charge in [0.25, 0.3) is 0 Å². The minimum absolute atomic E-state index is 1.28. The maximum Gasteiger partial charge on any atom is 0.181 e. The van der Waals surface area contributed by atoms with Crippen molar-refractivity contribution in [2.24, 2.45) is 0 Å². The average molecular weight is 225 g/mol. The van der Waals surface area contributed by atoms with Gasteiger partial charge < -0.3 is 0 Å². The molecular weight excluding hydrogens is 208 g/mol. The molecule has 0 amide bonds. The molecule has 76 valence electrons. The van der Waals surface area contributed by atoms with Gasteiger partial charge in [-0.2, -0.15) is 11.1 Å². The monoisotopic (exact) mass is 224 g/mol. The summed E-state index contributed by atoms with van der Waals surface area (Å²) in [6.45, 7) is 8.54. The van der Waals surface area contributed by atoms with E-state index in [0.717, 1.165) is 0 Å². The second kappa shape index (κ2) is 4.33. The maximum absolute atomic E-state index is 6.46. The smallest absolute Gasteiger partial charge is 0.161 e. The van der Waals surface area contributed by atoms with Gasteiger partial charge in [0, 0.05) is 0 Å². The molecule has 0 radical (unpaired) electrons. The average Bonchev–Trinajstić information content (AvgIpc) is 2.01. The highest BCUT2D eigenvalue weighted by Crippen LogP contribution is 2.13. The first-order valence-corrected chi connectivity index (χ1v) is 8.86. The van der Waals surface area contributed by atoms with E-state index in [9.17, 15) is 0 Å². The van der Waals surface area contributed by atoms with Gasteiger partial charge in [0.05, 0.1) is 0 Å². The van der Waals surface area contributed by atoms with Gasteiger partial charge in [0.1, 0.15) is 0 Å². The fraction of sp³-hybridized carbons (Fsp3) is 0.333. The fourth-order valence-electron chi connectivity index (χ4n) is 1.48. The molecule has 0 unspecified atom stereocenters. The molecule has 2 heteroatoms. The molecule has 1 rings (SSSR count).